The second-order valence-corrected chi connectivity index (χ2v) is 5.38. The van der Waals surface area contributed by atoms with Crippen LogP contribution in [0.4, 0.5) is 0 Å². The third kappa shape index (κ3) is 2.67. The zero-order chi connectivity index (χ0) is 13.2. The zero-order valence-electron chi connectivity index (χ0n) is 10.3. The Morgan fingerprint density at radius 3 is 2.83 bits per heavy atom. The monoisotopic (exact) mass is 272 g/mol. The Kier molecular flexibility index (Phi) is 3.92. The minimum Gasteiger partial charge on any atom is -0.479 e. The third-order valence-corrected chi connectivity index (χ3v) is 3.74. The van der Waals surface area contributed by atoms with Crippen LogP contribution in [0.2, 0.25) is 5.02 Å². The van der Waals surface area contributed by atoms with E-state index in [1.54, 1.807) is 13.1 Å². The van der Waals surface area contributed by atoms with Crippen LogP contribution in [0.5, 0.6) is 0 Å². The molecule has 5 nitrogen and oxygen atoms in total. The molecule has 100 valence electrons. The maximum absolute atomic E-state index is 11.6. The molecule has 0 spiro atoms. The van der Waals surface area contributed by atoms with Gasteiger partial charge in [-0.2, -0.15) is 5.10 Å². The van der Waals surface area contributed by atoms with Gasteiger partial charge >= 0.3 is 5.97 Å². The number of halogens is 1. The summed E-state index contributed by atoms with van der Waals surface area (Å²) < 4.78 is 6.75. The van der Waals surface area contributed by atoms with Gasteiger partial charge in [-0.15, -0.1) is 0 Å². The van der Waals surface area contributed by atoms with E-state index in [0.29, 0.717) is 30.6 Å². The topological polar surface area (TPSA) is 64.3 Å². The molecular weight excluding hydrogens is 256 g/mol. The van der Waals surface area contributed by atoms with Crippen molar-refractivity contribution in [2.24, 2.45) is 5.92 Å². The minimum atomic E-state index is -1.05. The Morgan fingerprint density at radius 1 is 1.67 bits per heavy atom. The fourth-order valence-electron chi connectivity index (χ4n) is 2.36. The molecule has 1 N–H and O–H groups in total. The molecule has 2 heterocycles. The molecule has 0 radical (unpaired) electrons. The minimum absolute atomic E-state index is 0.350. The summed E-state index contributed by atoms with van der Waals surface area (Å²) in [5.41, 5.74) is -1.05. The van der Waals surface area contributed by atoms with Crippen molar-refractivity contribution in [3.05, 3.63) is 17.4 Å². The normalized spacial score (nSPS) is 20.6. The standard InChI is InChI=1S/C12H17ClN2O3/c1-12(11(16)17,15-8-10(13)7-14-15)6-9-2-4-18-5-3-9/h7-9H,2-6H2,1H3,(H,16,17). The lowest BCUT2D eigenvalue weighted by Crippen LogP contribution is -2.42. The third-order valence-electron chi connectivity index (χ3n) is 3.54. The second-order valence-electron chi connectivity index (χ2n) is 4.94. The van der Waals surface area contributed by atoms with Crippen LogP contribution in [0.3, 0.4) is 0 Å². The van der Waals surface area contributed by atoms with Crippen molar-refractivity contribution in [3.8, 4) is 0 Å². The lowest BCUT2D eigenvalue weighted by Gasteiger charge is -2.31. The van der Waals surface area contributed by atoms with Gasteiger partial charge in [0, 0.05) is 19.4 Å². The number of ether oxygens (including phenoxy) is 1. The van der Waals surface area contributed by atoms with Crippen LogP contribution in [-0.2, 0) is 15.1 Å². The summed E-state index contributed by atoms with van der Waals surface area (Å²) >= 11 is 5.82. The van der Waals surface area contributed by atoms with E-state index in [1.807, 2.05) is 0 Å². The zero-order valence-corrected chi connectivity index (χ0v) is 11.1. The first-order valence-electron chi connectivity index (χ1n) is 6.04. The van der Waals surface area contributed by atoms with Gasteiger partial charge in [0.25, 0.3) is 0 Å². The highest BCUT2D eigenvalue weighted by Gasteiger charge is 2.38. The van der Waals surface area contributed by atoms with Crippen LogP contribution >= 0.6 is 11.6 Å². The maximum Gasteiger partial charge on any atom is 0.331 e. The van der Waals surface area contributed by atoms with E-state index in [2.05, 4.69) is 5.10 Å². The molecule has 1 aliphatic heterocycles. The number of rotatable bonds is 4. The highest BCUT2D eigenvalue weighted by molar-refractivity contribution is 6.30. The van der Waals surface area contributed by atoms with Crippen LogP contribution in [0.25, 0.3) is 0 Å². The summed E-state index contributed by atoms with van der Waals surface area (Å²) in [6.07, 6.45) is 5.38. The van der Waals surface area contributed by atoms with Crippen molar-refractivity contribution in [3.63, 3.8) is 0 Å². The average Bonchev–Trinajstić information content (AvgIpc) is 2.77. The van der Waals surface area contributed by atoms with Gasteiger partial charge in [-0.25, -0.2) is 4.79 Å². The van der Waals surface area contributed by atoms with Crippen LogP contribution in [0.1, 0.15) is 26.2 Å². The lowest BCUT2D eigenvalue weighted by atomic mass is 9.85. The van der Waals surface area contributed by atoms with Gasteiger partial charge in [0.05, 0.1) is 11.2 Å². The Labute approximate surface area is 111 Å². The SMILES string of the molecule is CC(CC1CCOCC1)(C(=O)O)n1cc(Cl)cn1. The largest absolute Gasteiger partial charge is 0.479 e. The maximum atomic E-state index is 11.6. The molecule has 1 aliphatic rings. The molecule has 0 amide bonds. The molecule has 1 saturated heterocycles. The van der Waals surface area contributed by atoms with Crippen molar-refractivity contribution in [1.82, 2.24) is 9.78 Å². The van der Waals surface area contributed by atoms with Gasteiger partial charge < -0.3 is 9.84 Å². The number of aromatic nitrogens is 2. The van der Waals surface area contributed by atoms with Crippen LogP contribution < -0.4 is 0 Å². The van der Waals surface area contributed by atoms with Crippen LogP contribution in [0.15, 0.2) is 12.4 Å². The van der Waals surface area contributed by atoms with E-state index in [0.717, 1.165) is 12.8 Å². The Balaban J connectivity index is 2.18. The molecule has 6 heteroatoms. The number of carbonyl (C=O) groups is 1. The fraction of sp³-hybridized carbons (Fsp3) is 0.667. The number of carboxylic acid groups (broad SMARTS) is 1. The van der Waals surface area contributed by atoms with E-state index in [-0.39, 0.29) is 0 Å². The second kappa shape index (κ2) is 5.28. The van der Waals surface area contributed by atoms with E-state index < -0.39 is 11.5 Å². The number of hydrogen-bond acceptors (Lipinski definition) is 3. The predicted molar refractivity (Wildman–Crippen MR) is 66.7 cm³/mol. The number of carboxylic acids is 1. The lowest BCUT2D eigenvalue weighted by molar-refractivity contribution is -0.148. The summed E-state index contributed by atoms with van der Waals surface area (Å²) in [4.78, 5) is 11.6. The summed E-state index contributed by atoms with van der Waals surface area (Å²) in [6.45, 7) is 3.11. The van der Waals surface area contributed by atoms with Gasteiger partial charge in [-0.1, -0.05) is 11.6 Å². The van der Waals surface area contributed by atoms with Crippen molar-refractivity contribution < 1.29 is 14.6 Å². The number of aliphatic carboxylic acids is 1. The van der Waals surface area contributed by atoms with E-state index in [1.165, 1.54) is 10.9 Å². The molecule has 1 fully saturated rings. The number of nitrogens with zero attached hydrogens (tertiary/aromatic N) is 2. The molecule has 1 aromatic rings. The van der Waals surface area contributed by atoms with Gasteiger partial charge in [-0.3, -0.25) is 4.68 Å². The Hall–Kier alpha value is -1.07. The summed E-state index contributed by atoms with van der Waals surface area (Å²) in [5.74, 6) is -0.531. The first-order valence-corrected chi connectivity index (χ1v) is 6.42. The van der Waals surface area contributed by atoms with E-state index >= 15 is 0 Å². The molecule has 0 saturated carbocycles. The predicted octanol–water partition coefficient (Wildman–Crippen LogP) is 2.15. The molecule has 18 heavy (non-hydrogen) atoms. The average molecular weight is 273 g/mol. The first-order chi connectivity index (χ1) is 8.52. The summed E-state index contributed by atoms with van der Waals surface area (Å²) in [7, 11) is 0. The molecule has 0 bridgehead atoms. The Morgan fingerprint density at radius 2 is 2.33 bits per heavy atom. The highest BCUT2D eigenvalue weighted by Crippen LogP contribution is 2.31. The van der Waals surface area contributed by atoms with Crippen molar-refractivity contribution in [2.45, 2.75) is 31.7 Å². The van der Waals surface area contributed by atoms with Crippen molar-refractivity contribution in [1.29, 1.82) is 0 Å². The molecule has 1 atom stereocenters. The van der Waals surface area contributed by atoms with E-state index in [9.17, 15) is 9.90 Å². The van der Waals surface area contributed by atoms with Crippen molar-refractivity contribution in [2.75, 3.05) is 13.2 Å². The molecule has 1 unspecified atom stereocenters. The van der Waals surface area contributed by atoms with Gasteiger partial charge in [0.2, 0.25) is 0 Å². The molecule has 1 aromatic heterocycles. The van der Waals surface area contributed by atoms with Crippen LogP contribution in [-0.4, -0.2) is 34.1 Å². The first kappa shape index (κ1) is 13.4. The smallest absolute Gasteiger partial charge is 0.331 e. The molecule has 0 aliphatic carbocycles. The number of hydrogen-bond donors (Lipinski definition) is 1. The molecule has 2 rings (SSSR count). The summed E-state index contributed by atoms with van der Waals surface area (Å²) in [5, 5.41) is 14.0. The Bertz CT molecular complexity index is 429. The quantitative estimate of drug-likeness (QED) is 0.912. The molecule has 0 aromatic carbocycles. The van der Waals surface area contributed by atoms with Gasteiger partial charge in [0.15, 0.2) is 5.54 Å². The van der Waals surface area contributed by atoms with Gasteiger partial charge in [-0.05, 0) is 32.1 Å². The summed E-state index contributed by atoms with van der Waals surface area (Å²) in [6, 6.07) is 0. The fourth-order valence-corrected chi connectivity index (χ4v) is 2.50. The molecular formula is C12H17ClN2O3. The van der Waals surface area contributed by atoms with Crippen LogP contribution in [0, 0.1) is 5.92 Å². The highest BCUT2D eigenvalue weighted by atomic mass is 35.5. The van der Waals surface area contributed by atoms with E-state index in [4.69, 9.17) is 16.3 Å². The van der Waals surface area contributed by atoms with Gasteiger partial charge in [0.1, 0.15) is 0 Å². The van der Waals surface area contributed by atoms with Crippen molar-refractivity contribution >= 4 is 17.6 Å².